The molecule has 106 valence electrons. The molecule has 0 aliphatic carbocycles. The second-order valence-corrected chi connectivity index (χ2v) is 6.12. The zero-order valence-corrected chi connectivity index (χ0v) is 12.5. The van der Waals surface area contributed by atoms with Crippen molar-refractivity contribution in [1.29, 1.82) is 0 Å². The fraction of sp³-hybridized carbons (Fsp3) is 1.00. The van der Waals surface area contributed by atoms with E-state index in [9.17, 15) is 0 Å². The first-order chi connectivity index (χ1) is 8.65. The molecule has 1 N–H and O–H groups in total. The Morgan fingerprint density at radius 3 is 2.61 bits per heavy atom. The summed E-state index contributed by atoms with van der Waals surface area (Å²) < 4.78 is 5.74. The van der Waals surface area contributed by atoms with Crippen LogP contribution in [0, 0.1) is 5.92 Å². The summed E-state index contributed by atoms with van der Waals surface area (Å²) in [7, 11) is 0. The molecule has 0 aromatic rings. The Kier molecular flexibility index (Phi) is 5.05. The van der Waals surface area contributed by atoms with Crippen LogP contribution in [0.5, 0.6) is 0 Å². The van der Waals surface area contributed by atoms with E-state index in [-0.39, 0.29) is 0 Å². The molecule has 0 saturated carbocycles. The molecular formula is C15H30N2O. The van der Waals surface area contributed by atoms with Crippen LogP contribution in [0.2, 0.25) is 0 Å². The molecule has 2 aliphatic heterocycles. The van der Waals surface area contributed by atoms with Gasteiger partial charge in [-0.1, -0.05) is 13.8 Å². The van der Waals surface area contributed by atoms with Gasteiger partial charge in [0.15, 0.2) is 0 Å². The van der Waals surface area contributed by atoms with Gasteiger partial charge in [0.25, 0.3) is 0 Å². The highest BCUT2D eigenvalue weighted by Gasteiger charge is 2.39. The Bertz CT molecular complexity index is 259. The molecule has 2 fully saturated rings. The van der Waals surface area contributed by atoms with Crippen LogP contribution in [0.25, 0.3) is 0 Å². The topological polar surface area (TPSA) is 24.5 Å². The van der Waals surface area contributed by atoms with Gasteiger partial charge < -0.3 is 10.1 Å². The molecule has 5 atom stereocenters. The summed E-state index contributed by atoms with van der Waals surface area (Å²) in [6.07, 6.45) is 4.15. The largest absolute Gasteiger partial charge is 0.377 e. The standard InChI is InChI=1S/C15H30N2O/c1-5-8-16-14-6-9-17(12(3)11(14)2)15-7-10-18-13(15)4/h11-16H,5-10H2,1-4H3. The quantitative estimate of drug-likeness (QED) is 0.833. The van der Waals surface area contributed by atoms with Crippen LogP contribution < -0.4 is 5.32 Å². The van der Waals surface area contributed by atoms with Gasteiger partial charge in [-0.2, -0.15) is 0 Å². The van der Waals surface area contributed by atoms with Gasteiger partial charge in [0.1, 0.15) is 0 Å². The summed E-state index contributed by atoms with van der Waals surface area (Å²) in [5.74, 6) is 0.734. The maximum atomic E-state index is 5.74. The molecule has 0 aromatic heterocycles. The van der Waals surface area contributed by atoms with Crippen LogP contribution in [0.1, 0.15) is 47.0 Å². The third-order valence-corrected chi connectivity index (χ3v) is 5.04. The summed E-state index contributed by atoms with van der Waals surface area (Å²) in [4.78, 5) is 2.70. The minimum Gasteiger partial charge on any atom is -0.377 e. The second kappa shape index (κ2) is 6.36. The minimum atomic E-state index is 0.416. The lowest BCUT2D eigenvalue weighted by Gasteiger charge is -2.46. The normalized spacial score (nSPS) is 42.3. The van der Waals surface area contributed by atoms with E-state index < -0.39 is 0 Å². The molecule has 3 nitrogen and oxygen atoms in total. The number of hydrogen-bond acceptors (Lipinski definition) is 3. The van der Waals surface area contributed by atoms with Crippen molar-refractivity contribution in [3.63, 3.8) is 0 Å². The molecule has 2 saturated heterocycles. The van der Waals surface area contributed by atoms with Gasteiger partial charge in [0.05, 0.1) is 6.10 Å². The number of rotatable bonds is 4. The number of nitrogens with one attached hydrogen (secondary N) is 1. The average Bonchev–Trinajstić information content (AvgIpc) is 2.77. The molecule has 5 unspecified atom stereocenters. The van der Waals surface area contributed by atoms with E-state index in [0.29, 0.717) is 24.2 Å². The molecule has 0 bridgehead atoms. The van der Waals surface area contributed by atoms with Crippen molar-refractivity contribution in [2.45, 2.75) is 71.2 Å². The molecule has 2 aliphatic rings. The van der Waals surface area contributed by atoms with Gasteiger partial charge in [-0.05, 0) is 45.6 Å². The molecule has 2 rings (SSSR count). The summed E-state index contributed by atoms with van der Waals surface area (Å²) in [6, 6.07) is 2.02. The predicted molar refractivity (Wildman–Crippen MR) is 75.8 cm³/mol. The van der Waals surface area contributed by atoms with Crippen LogP contribution in [0.3, 0.4) is 0 Å². The molecule has 2 heterocycles. The third kappa shape index (κ3) is 2.89. The molecule has 0 spiro atoms. The maximum Gasteiger partial charge on any atom is 0.0703 e. The number of piperidine rings is 1. The Morgan fingerprint density at radius 1 is 1.22 bits per heavy atom. The van der Waals surface area contributed by atoms with Crippen molar-refractivity contribution >= 4 is 0 Å². The van der Waals surface area contributed by atoms with Crippen molar-refractivity contribution in [1.82, 2.24) is 10.2 Å². The van der Waals surface area contributed by atoms with Gasteiger partial charge in [-0.25, -0.2) is 0 Å². The number of hydrogen-bond donors (Lipinski definition) is 1. The predicted octanol–water partition coefficient (Wildman–Crippen LogP) is 2.26. The zero-order chi connectivity index (χ0) is 13.1. The second-order valence-electron chi connectivity index (χ2n) is 6.12. The van der Waals surface area contributed by atoms with E-state index >= 15 is 0 Å². The lowest BCUT2D eigenvalue weighted by molar-refractivity contribution is 0.0121. The van der Waals surface area contributed by atoms with E-state index in [2.05, 4.69) is 37.9 Å². The molecule has 3 heteroatoms. The highest BCUT2D eigenvalue weighted by Crippen LogP contribution is 2.30. The number of ether oxygens (including phenoxy) is 1. The van der Waals surface area contributed by atoms with Crippen molar-refractivity contribution in [3.8, 4) is 0 Å². The molecule has 0 amide bonds. The van der Waals surface area contributed by atoms with E-state index in [1.807, 2.05) is 0 Å². The SMILES string of the molecule is CCCNC1CCN(C2CCOC2C)C(C)C1C. The number of nitrogens with zero attached hydrogens (tertiary/aromatic N) is 1. The molecular weight excluding hydrogens is 224 g/mol. The monoisotopic (exact) mass is 254 g/mol. The Hall–Kier alpha value is -0.120. The highest BCUT2D eigenvalue weighted by atomic mass is 16.5. The Labute approximate surface area is 112 Å². The first kappa shape index (κ1) is 14.3. The summed E-state index contributed by atoms with van der Waals surface area (Å²) >= 11 is 0. The van der Waals surface area contributed by atoms with Gasteiger partial charge in [-0.3, -0.25) is 4.90 Å². The fourth-order valence-corrected chi connectivity index (χ4v) is 3.63. The van der Waals surface area contributed by atoms with Gasteiger partial charge >= 0.3 is 0 Å². The first-order valence-corrected chi connectivity index (χ1v) is 7.75. The van der Waals surface area contributed by atoms with Crippen molar-refractivity contribution in [3.05, 3.63) is 0 Å². The smallest absolute Gasteiger partial charge is 0.0703 e. The first-order valence-electron chi connectivity index (χ1n) is 7.75. The van der Waals surface area contributed by atoms with Crippen LogP contribution >= 0.6 is 0 Å². The third-order valence-electron chi connectivity index (χ3n) is 5.04. The van der Waals surface area contributed by atoms with Crippen LogP contribution in [0.4, 0.5) is 0 Å². The lowest BCUT2D eigenvalue weighted by atomic mass is 9.85. The summed E-state index contributed by atoms with van der Waals surface area (Å²) in [6.45, 7) is 12.6. The van der Waals surface area contributed by atoms with E-state index in [4.69, 9.17) is 4.74 Å². The van der Waals surface area contributed by atoms with Crippen LogP contribution in [0.15, 0.2) is 0 Å². The molecule has 0 radical (unpaired) electrons. The van der Waals surface area contributed by atoms with Crippen molar-refractivity contribution in [2.75, 3.05) is 19.7 Å². The van der Waals surface area contributed by atoms with Crippen molar-refractivity contribution < 1.29 is 4.74 Å². The van der Waals surface area contributed by atoms with E-state index in [0.717, 1.165) is 19.1 Å². The Morgan fingerprint density at radius 2 is 2.00 bits per heavy atom. The highest BCUT2D eigenvalue weighted by molar-refractivity contribution is 4.94. The zero-order valence-electron chi connectivity index (χ0n) is 12.5. The maximum absolute atomic E-state index is 5.74. The van der Waals surface area contributed by atoms with E-state index in [1.165, 1.54) is 25.8 Å². The van der Waals surface area contributed by atoms with E-state index in [1.54, 1.807) is 0 Å². The fourth-order valence-electron chi connectivity index (χ4n) is 3.63. The summed E-state index contributed by atoms with van der Waals surface area (Å²) in [5, 5.41) is 3.72. The number of likely N-dealkylation sites (tertiary alicyclic amines) is 1. The molecule has 0 aromatic carbocycles. The van der Waals surface area contributed by atoms with Gasteiger partial charge in [0.2, 0.25) is 0 Å². The average molecular weight is 254 g/mol. The van der Waals surface area contributed by atoms with Crippen molar-refractivity contribution in [2.24, 2.45) is 5.92 Å². The lowest BCUT2D eigenvalue weighted by Crippen LogP contribution is -2.57. The van der Waals surface area contributed by atoms with Crippen LogP contribution in [-0.4, -0.2) is 48.8 Å². The summed E-state index contributed by atoms with van der Waals surface area (Å²) in [5.41, 5.74) is 0. The van der Waals surface area contributed by atoms with Gasteiger partial charge in [-0.15, -0.1) is 0 Å². The Balaban J connectivity index is 1.93. The minimum absolute atomic E-state index is 0.416. The molecule has 18 heavy (non-hydrogen) atoms. The van der Waals surface area contributed by atoms with Crippen LogP contribution in [-0.2, 0) is 4.74 Å². The van der Waals surface area contributed by atoms with Gasteiger partial charge in [0, 0.05) is 31.3 Å².